The normalized spacial score (nSPS) is 19.1. The molecule has 2 heterocycles. The topological polar surface area (TPSA) is 84.9 Å². The van der Waals surface area contributed by atoms with E-state index in [4.69, 9.17) is 9.47 Å². The molecular weight excluding hydrogens is 392 g/mol. The summed E-state index contributed by atoms with van der Waals surface area (Å²) in [6.45, 7) is 3.32. The highest BCUT2D eigenvalue weighted by Crippen LogP contribution is 2.40. The van der Waals surface area contributed by atoms with Gasteiger partial charge in [0.05, 0.1) is 10.9 Å². The van der Waals surface area contributed by atoms with E-state index in [9.17, 15) is 13.2 Å². The molecule has 8 heteroatoms. The first kappa shape index (κ1) is 19.7. The van der Waals surface area contributed by atoms with Crippen LogP contribution in [0, 0.1) is 0 Å². The molecule has 1 saturated heterocycles. The van der Waals surface area contributed by atoms with Crippen LogP contribution >= 0.6 is 0 Å². The third-order valence-electron chi connectivity index (χ3n) is 5.23. The molecule has 0 aliphatic carbocycles. The highest BCUT2D eigenvalue weighted by Gasteiger charge is 2.36. The van der Waals surface area contributed by atoms with Crippen LogP contribution in [0.25, 0.3) is 0 Å². The van der Waals surface area contributed by atoms with Gasteiger partial charge < -0.3 is 14.8 Å². The van der Waals surface area contributed by atoms with Crippen molar-refractivity contribution in [1.29, 1.82) is 0 Å². The van der Waals surface area contributed by atoms with E-state index in [1.807, 2.05) is 18.2 Å². The molecule has 154 valence electrons. The minimum Gasteiger partial charge on any atom is -0.486 e. The van der Waals surface area contributed by atoms with Gasteiger partial charge in [0.1, 0.15) is 13.2 Å². The summed E-state index contributed by atoms with van der Waals surface area (Å²) in [5.74, 6) is 1.24. The molecule has 2 aliphatic rings. The van der Waals surface area contributed by atoms with Crippen molar-refractivity contribution in [1.82, 2.24) is 9.62 Å². The fourth-order valence-electron chi connectivity index (χ4n) is 3.77. The van der Waals surface area contributed by atoms with Gasteiger partial charge in [0.2, 0.25) is 15.9 Å². The maximum absolute atomic E-state index is 13.3. The molecule has 0 saturated carbocycles. The minimum absolute atomic E-state index is 0.124. The van der Waals surface area contributed by atoms with Crippen molar-refractivity contribution in [3.63, 3.8) is 0 Å². The van der Waals surface area contributed by atoms with E-state index in [0.29, 0.717) is 37.8 Å². The molecule has 1 N–H and O–H groups in total. The van der Waals surface area contributed by atoms with E-state index < -0.39 is 10.0 Å². The van der Waals surface area contributed by atoms with Crippen LogP contribution in [0.1, 0.15) is 36.9 Å². The molecule has 2 aromatic rings. The first-order chi connectivity index (χ1) is 13.9. The lowest BCUT2D eigenvalue weighted by atomic mass is 10.0. The highest BCUT2D eigenvalue weighted by molar-refractivity contribution is 7.89. The Hall–Kier alpha value is -2.58. The summed E-state index contributed by atoms with van der Waals surface area (Å²) in [6, 6.07) is 12.1. The molecule has 4 rings (SSSR count). The molecule has 1 fully saturated rings. The average molecular weight is 416 g/mol. The van der Waals surface area contributed by atoms with Crippen molar-refractivity contribution in [2.75, 3.05) is 19.8 Å². The maximum atomic E-state index is 13.3. The summed E-state index contributed by atoms with van der Waals surface area (Å²) >= 11 is 0. The predicted octanol–water partition coefficient (Wildman–Crippen LogP) is 2.62. The van der Waals surface area contributed by atoms with E-state index >= 15 is 0 Å². The minimum atomic E-state index is -3.63. The van der Waals surface area contributed by atoms with Crippen molar-refractivity contribution < 1.29 is 22.7 Å². The summed E-state index contributed by atoms with van der Waals surface area (Å²) in [4.78, 5) is 11.3. The van der Waals surface area contributed by atoms with Crippen LogP contribution in [0.5, 0.6) is 11.5 Å². The standard InChI is InChI=1S/C21H24N2O5S/c1-15(24)22-14-16-4-7-18(8-5-16)29(25,26)23-10-2-3-19(23)17-6-9-20-21(13-17)28-12-11-27-20/h4-9,13,19H,2-3,10-12,14H2,1H3,(H,22,24)/t19-/m0/s1. The van der Waals surface area contributed by atoms with Crippen LogP contribution in [0.3, 0.4) is 0 Å². The predicted molar refractivity (Wildman–Crippen MR) is 107 cm³/mol. The van der Waals surface area contributed by atoms with E-state index in [1.54, 1.807) is 28.6 Å². The highest BCUT2D eigenvalue weighted by atomic mass is 32.2. The molecule has 1 amide bonds. The zero-order chi connectivity index (χ0) is 20.4. The van der Waals surface area contributed by atoms with E-state index in [-0.39, 0.29) is 16.8 Å². The Balaban J connectivity index is 1.56. The number of nitrogens with zero attached hydrogens (tertiary/aromatic N) is 1. The lowest BCUT2D eigenvalue weighted by Gasteiger charge is -2.26. The Bertz CT molecular complexity index is 1000. The molecule has 0 aromatic heterocycles. The van der Waals surface area contributed by atoms with Crippen LogP contribution in [0.15, 0.2) is 47.4 Å². The number of sulfonamides is 1. The Labute approximate surface area is 170 Å². The number of carbonyl (C=O) groups is 1. The van der Waals surface area contributed by atoms with Gasteiger partial charge in [0.25, 0.3) is 0 Å². The summed E-state index contributed by atoms with van der Waals surface area (Å²) in [7, 11) is -3.63. The smallest absolute Gasteiger partial charge is 0.243 e. The monoisotopic (exact) mass is 416 g/mol. The van der Waals surface area contributed by atoms with Gasteiger partial charge in [-0.05, 0) is 48.2 Å². The van der Waals surface area contributed by atoms with E-state index in [1.165, 1.54) is 6.92 Å². The SMILES string of the molecule is CC(=O)NCc1ccc(S(=O)(=O)N2CCC[C@H]2c2ccc3c(c2)OCCO3)cc1. The fourth-order valence-corrected chi connectivity index (χ4v) is 5.45. The summed E-state index contributed by atoms with van der Waals surface area (Å²) in [5, 5.41) is 2.71. The lowest BCUT2D eigenvalue weighted by Crippen LogP contribution is -2.30. The third-order valence-corrected chi connectivity index (χ3v) is 7.15. The van der Waals surface area contributed by atoms with Gasteiger partial charge >= 0.3 is 0 Å². The number of benzene rings is 2. The number of fused-ring (bicyclic) bond motifs is 1. The molecule has 29 heavy (non-hydrogen) atoms. The number of hydrogen-bond donors (Lipinski definition) is 1. The number of hydrogen-bond acceptors (Lipinski definition) is 5. The summed E-state index contributed by atoms with van der Waals surface area (Å²) < 4.78 is 39.4. The van der Waals surface area contributed by atoms with Crippen LogP contribution in [-0.2, 0) is 21.4 Å². The third kappa shape index (κ3) is 4.09. The molecule has 2 aliphatic heterocycles. The molecular formula is C21H24N2O5S. The zero-order valence-corrected chi connectivity index (χ0v) is 17.1. The summed E-state index contributed by atoms with van der Waals surface area (Å²) in [5.41, 5.74) is 1.77. The first-order valence-corrected chi connectivity index (χ1v) is 11.1. The molecule has 2 aromatic carbocycles. The Morgan fingerprint density at radius 1 is 1.10 bits per heavy atom. The maximum Gasteiger partial charge on any atom is 0.243 e. The second-order valence-electron chi connectivity index (χ2n) is 7.23. The Kier molecular flexibility index (Phi) is 5.47. The number of nitrogens with one attached hydrogen (secondary N) is 1. The van der Waals surface area contributed by atoms with Crippen molar-refractivity contribution in [2.24, 2.45) is 0 Å². The van der Waals surface area contributed by atoms with Crippen molar-refractivity contribution in [3.05, 3.63) is 53.6 Å². The number of amides is 1. The first-order valence-electron chi connectivity index (χ1n) is 9.70. The molecule has 7 nitrogen and oxygen atoms in total. The molecule has 0 radical (unpaired) electrons. The van der Waals surface area contributed by atoms with Gasteiger partial charge in [-0.25, -0.2) is 8.42 Å². The number of carbonyl (C=O) groups excluding carboxylic acids is 1. The quantitative estimate of drug-likeness (QED) is 0.810. The number of ether oxygens (including phenoxy) is 2. The van der Waals surface area contributed by atoms with Crippen LogP contribution < -0.4 is 14.8 Å². The van der Waals surface area contributed by atoms with Crippen molar-refractivity contribution in [2.45, 2.75) is 37.2 Å². The largest absolute Gasteiger partial charge is 0.486 e. The Morgan fingerprint density at radius 2 is 1.83 bits per heavy atom. The molecule has 0 spiro atoms. The van der Waals surface area contributed by atoms with Gasteiger partial charge in [-0.2, -0.15) is 4.31 Å². The average Bonchev–Trinajstić information content (AvgIpc) is 3.23. The van der Waals surface area contributed by atoms with Gasteiger partial charge in [-0.3, -0.25) is 4.79 Å². The van der Waals surface area contributed by atoms with Crippen molar-refractivity contribution >= 4 is 15.9 Å². The van der Waals surface area contributed by atoms with Gasteiger partial charge in [0.15, 0.2) is 11.5 Å². The van der Waals surface area contributed by atoms with Crippen molar-refractivity contribution in [3.8, 4) is 11.5 Å². The van der Waals surface area contributed by atoms with Crippen LogP contribution in [-0.4, -0.2) is 38.4 Å². The van der Waals surface area contributed by atoms with Gasteiger partial charge in [-0.15, -0.1) is 0 Å². The second kappa shape index (κ2) is 8.04. The second-order valence-corrected chi connectivity index (χ2v) is 9.12. The Morgan fingerprint density at radius 3 is 2.55 bits per heavy atom. The van der Waals surface area contributed by atoms with E-state index in [2.05, 4.69) is 5.32 Å². The van der Waals surface area contributed by atoms with E-state index in [0.717, 1.165) is 24.0 Å². The molecule has 0 unspecified atom stereocenters. The van der Waals surface area contributed by atoms with Gasteiger partial charge in [-0.1, -0.05) is 18.2 Å². The zero-order valence-electron chi connectivity index (χ0n) is 16.3. The lowest BCUT2D eigenvalue weighted by molar-refractivity contribution is -0.119. The molecule has 0 bridgehead atoms. The fraction of sp³-hybridized carbons (Fsp3) is 0.381. The van der Waals surface area contributed by atoms with Crippen LogP contribution in [0.4, 0.5) is 0 Å². The van der Waals surface area contributed by atoms with Gasteiger partial charge in [0, 0.05) is 20.0 Å². The summed E-state index contributed by atoms with van der Waals surface area (Å²) in [6.07, 6.45) is 1.57. The number of rotatable bonds is 5. The molecule has 1 atom stereocenters. The van der Waals surface area contributed by atoms with Crippen LogP contribution in [0.2, 0.25) is 0 Å².